The third kappa shape index (κ3) is 1.76. The molecule has 0 amide bonds. The summed E-state index contributed by atoms with van der Waals surface area (Å²) in [5.74, 6) is 0. The van der Waals surface area contributed by atoms with Crippen molar-refractivity contribution in [1.82, 2.24) is 0 Å². The van der Waals surface area contributed by atoms with Crippen molar-refractivity contribution >= 4 is 10.8 Å². The summed E-state index contributed by atoms with van der Waals surface area (Å²) < 4.78 is 0. The molecule has 0 bridgehead atoms. The van der Waals surface area contributed by atoms with E-state index in [1.807, 2.05) is 12.1 Å². The van der Waals surface area contributed by atoms with Crippen molar-refractivity contribution in [3.05, 3.63) is 48.0 Å². The molecule has 0 aliphatic rings. The third-order valence-electron chi connectivity index (χ3n) is 1.92. The van der Waals surface area contributed by atoms with Crippen LogP contribution in [0.3, 0.4) is 0 Å². The van der Waals surface area contributed by atoms with Gasteiger partial charge in [0.05, 0.1) is 0 Å². The fourth-order valence-corrected chi connectivity index (χ4v) is 1.30. The van der Waals surface area contributed by atoms with Crippen molar-refractivity contribution in [3.8, 4) is 0 Å². The van der Waals surface area contributed by atoms with Crippen LogP contribution in [0.15, 0.2) is 36.4 Å². The second-order valence-corrected chi connectivity index (χ2v) is 2.71. The first-order valence-electron chi connectivity index (χ1n) is 3.74. The van der Waals surface area contributed by atoms with Gasteiger partial charge in [-0.25, -0.2) is 0 Å². The van der Waals surface area contributed by atoms with Gasteiger partial charge in [-0.15, -0.1) is 46.7 Å². The molecule has 0 N–H and O–H groups in total. The summed E-state index contributed by atoms with van der Waals surface area (Å²) >= 11 is 0. The molecule has 1 heteroatoms. The van der Waals surface area contributed by atoms with E-state index in [1.54, 1.807) is 0 Å². The van der Waals surface area contributed by atoms with Gasteiger partial charge < -0.3 is 0 Å². The van der Waals surface area contributed by atoms with Crippen LogP contribution in [0.25, 0.3) is 10.8 Å². The number of benzene rings is 2. The zero-order chi connectivity index (χ0) is 7.68. The molecule has 2 rings (SSSR count). The predicted molar refractivity (Wildman–Crippen MR) is 47.5 cm³/mol. The van der Waals surface area contributed by atoms with Gasteiger partial charge in [-0.2, -0.15) is 0 Å². The molecule has 54 valence electrons. The Morgan fingerprint density at radius 2 is 1.83 bits per heavy atom. The number of rotatable bonds is 0. The van der Waals surface area contributed by atoms with Crippen LogP contribution in [0, 0.1) is 13.0 Å². The maximum atomic E-state index is 3.19. The maximum Gasteiger partial charge on any atom is 3.00 e. The summed E-state index contributed by atoms with van der Waals surface area (Å²) in [4.78, 5) is 0. The molecule has 0 aromatic heterocycles. The zero-order valence-corrected chi connectivity index (χ0v) is 9.88. The number of fused-ring (bicyclic) bond motifs is 1. The Kier molecular flexibility index (Phi) is 3.43. The Balaban J connectivity index is 0.000000720. The van der Waals surface area contributed by atoms with Crippen LogP contribution in [0.1, 0.15) is 5.56 Å². The van der Waals surface area contributed by atoms with E-state index < -0.39 is 0 Å². The van der Waals surface area contributed by atoms with Crippen LogP contribution < -0.4 is 0 Å². The van der Waals surface area contributed by atoms with Gasteiger partial charge >= 0.3 is 32.7 Å². The predicted octanol–water partition coefficient (Wildman–Crippen LogP) is 2.95. The summed E-state index contributed by atoms with van der Waals surface area (Å²) in [5, 5.41) is 2.50. The van der Waals surface area contributed by atoms with Gasteiger partial charge in [0.15, 0.2) is 0 Å². The molecule has 2 aromatic rings. The molecule has 0 spiro atoms. The Morgan fingerprint density at radius 1 is 1.08 bits per heavy atom. The first kappa shape index (κ1) is 9.89. The van der Waals surface area contributed by atoms with Crippen LogP contribution >= 0.6 is 0 Å². The number of hydrogen-bond acceptors (Lipinski definition) is 0. The number of aryl methyl sites for hydroxylation is 1. The quantitative estimate of drug-likeness (QED) is 0.610. The monoisotopic (exact) mass is 230 g/mol. The molecular weight excluding hydrogens is 221 g/mol. The summed E-state index contributed by atoms with van der Waals surface area (Å²) in [6.45, 7) is 2.12. The van der Waals surface area contributed by atoms with E-state index in [2.05, 4.69) is 37.3 Å². The molecule has 12 heavy (non-hydrogen) atoms. The molecular formula is C11H9Y+2. The van der Waals surface area contributed by atoms with Crippen molar-refractivity contribution in [2.24, 2.45) is 0 Å². The van der Waals surface area contributed by atoms with Crippen LogP contribution in [0.2, 0.25) is 0 Å². The fraction of sp³-hybridized carbons (Fsp3) is 0.0909. The second kappa shape index (κ2) is 4.16. The molecule has 0 unspecified atom stereocenters. The normalized spacial score (nSPS) is 9.42. The zero-order valence-electron chi connectivity index (χ0n) is 7.04. The first-order chi connectivity index (χ1) is 5.38. The topological polar surface area (TPSA) is 0 Å². The van der Waals surface area contributed by atoms with Crippen molar-refractivity contribution in [2.45, 2.75) is 6.92 Å². The van der Waals surface area contributed by atoms with Gasteiger partial charge in [0.2, 0.25) is 0 Å². The molecule has 0 saturated carbocycles. The largest absolute Gasteiger partial charge is 3.00 e. The standard InChI is InChI=1S/C11H9.Y/c1-9-5-4-7-10-6-2-3-8-11(9)10;/h2-6,8H,1H3;/q-1;+3. The molecule has 0 aliphatic heterocycles. The summed E-state index contributed by atoms with van der Waals surface area (Å²) in [6, 6.07) is 15.6. The van der Waals surface area contributed by atoms with Gasteiger partial charge in [0.25, 0.3) is 0 Å². The minimum Gasteiger partial charge on any atom is -0.147 e. The van der Waals surface area contributed by atoms with E-state index in [0.29, 0.717) is 0 Å². The molecule has 0 saturated heterocycles. The van der Waals surface area contributed by atoms with Crippen molar-refractivity contribution in [1.29, 1.82) is 0 Å². The SMILES string of the molecule is Cc1cc[c-]c2ccccc12.[Y+3]. The van der Waals surface area contributed by atoms with E-state index >= 15 is 0 Å². The second-order valence-electron chi connectivity index (χ2n) is 2.71. The Hall–Kier alpha value is -0.196. The number of hydrogen-bond donors (Lipinski definition) is 0. The smallest absolute Gasteiger partial charge is 0.147 e. The Bertz CT molecular complexity index is 374. The van der Waals surface area contributed by atoms with Gasteiger partial charge in [0, 0.05) is 0 Å². The molecule has 2 aromatic carbocycles. The summed E-state index contributed by atoms with van der Waals surface area (Å²) in [6.07, 6.45) is 0. The van der Waals surface area contributed by atoms with Gasteiger partial charge in [-0.05, 0) is 0 Å². The van der Waals surface area contributed by atoms with Gasteiger partial charge in [0.1, 0.15) is 0 Å². The van der Waals surface area contributed by atoms with Crippen LogP contribution in [0.5, 0.6) is 0 Å². The van der Waals surface area contributed by atoms with E-state index in [0.717, 1.165) is 0 Å². The summed E-state index contributed by atoms with van der Waals surface area (Å²) in [7, 11) is 0. The van der Waals surface area contributed by atoms with Gasteiger partial charge in [-0.1, -0.05) is 19.1 Å². The molecule has 0 aliphatic carbocycles. The van der Waals surface area contributed by atoms with E-state index in [9.17, 15) is 0 Å². The maximum absolute atomic E-state index is 3.19. The van der Waals surface area contributed by atoms with Gasteiger partial charge in [-0.3, -0.25) is 0 Å². The summed E-state index contributed by atoms with van der Waals surface area (Å²) in [5.41, 5.74) is 1.32. The fourth-order valence-electron chi connectivity index (χ4n) is 1.30. The Morgan fingerprint density at radius 3 is 2.58 bits per heavy atom. The van der Waals surface area contributed by atoms with Crippen molar-refractivity contribution < 1.29 is 32.7 Å². The van der Waals surface area contributed by atoms with Crippen molar-refractivity contribution in [2.75, 3.05) is 0 Å². The molecule has 0 atom stereocenters. The Labute approximate surface area is 97.9 Å². The average molecular weight is 230 g/mol. The molecule has 0 fully saturated rings. The third-order valence-corrected chi connectivity index (χ3v) is 1.92. The minimum absolute atomic E-state index is 0. The average Bonchev–Trinajstić information content (AvgIpc) is 2.06. The van der Waals surface area contributed by atoms with E-state index in [-0.39, 0.29) is 32.7 Å². The van der Waals surface area contributed by atoms with Crippen molar-refractivity contribution in [3.63, 3.8) is 0 Å². The van der Waals surface area contributed by atoms with Crippen LogP contribution in [-0.2, 0) is 32.7 Å². The minimum atomic E-state index is 0. The van der Waals surface area contributed by atoms with E-state index in [1.165, 1.54) is 16.3 Å². The van der Waals surface area contributed by atoms with E-state index in [4.69, 9.17) is 0 Å². The molecule has 0 radical (unpaired) electrons. The molecule has 0 nitrogen and oxygen atoms in total. The molecule has 0 heterocycles. The first-order valence-corrected chi connectivity index (χ1v) is 3.74. The van der Waals surface area contributed by atoms with Crippen LogP contribution in [-0.4, -0.2) is 0 Å². The van der Waals surface area contributed by atoms with Crippen LogP contribution in [0.4, 0.5) is 0 Å².